The molecule has 1 aliphatic carbocycles. The second kappa shape index (κ2) is 7.61. The highest BCUT2D eigenvalue weighted by molar-refractivity contribution is 7.17. The van der Waals surface area contributed by atoms with Crippen molar-refractivity contribution in [3.63, 3.8) is 0 Å². The van der Waals surface area contributed by atoms with Gasteiger partial charge in [0.25, 0.3) is 5.91 Å². The number of thiophene rings is 1. The minimum Gasteiger partial charge on any atom is -0.368 e. The first kappa shape index (κ1) is 18.9. The topological polar surface area (TPSA) is 69.6 Å². The van der Waals surface area contributed by atoms with Crippen LogP contribution in [0.5, 0.6) is 0 Å². The van der Waals surface area contributed by atoms with Gasteiger partial charge in [0, 0.05) is 12.7 Å². The molecule has 5 rings (SSSR count). The number of carbonyl (C=O) groups excluding carboxylic acids is 1. The molecule has 2 aromatic rings. The minimum absolute atomic E-state index is 0.0416. The lowest BCUT2D eigenvalue weighted by Crippen LogP contribution is -2.62. The zero-order valence-corrected chi connectivity index (χ0v) is 17.7. The van der Waals surface area contributed by atoms with Gasteiger partial charge in [-0.05, 0) is 49.9 Å². The van der Waals surface area contributed by atoms with Crippen molar-refractivity contribution in [2.24, 2.45) is 4.99 Å². The van der Waals surface area contributed by atoms with E-state index in [1.54, 1.807) is 12.3 Å². The molecule has 0 bridgehead atoms. The van der Waals surface area contributed by atoms with Gasteiger partial charge in [0.2, 0.25) is 0 Å². The molecule has 1 spiro atoms. The molecule has 4 heterocycles. The highest BCUT2D eigenvalue weighted by Gasteiger charge is 2.45. The van der Waals surface area contributed by atoms with E-state index in [2.05, 4.69) is 15.6 Å². The number of rotatable bonds is 2. The van der Waals surface area contributed by atoms with Crippen molar-refractivity contribution >= 4 is 46.2 Å². The first-order chi connectivity index (χ1) is 14.1. The molecule has 29 heavy (non-hydrogen) atoms. The van der Waals surface area contributed by atoms with Crippen LogP contribution in [0.15, 0.2) is 35.5 Å². The van der Waals surface area contributed by atoms with Crippen LogP contribution in [0.25, 0.3) is 0 Å². The number of nitrogens with one attached hydrogen (secondary N) is 2. The number of aromatic nitrogens is 1. The Morgan fingerprint density at radius 2 is 2.14 bits per heavy atom. The van der Waals surface area contributed by atoms with E-state index in [0.29, 0.717) is 21.8 Å². The van der Waals surface area contributed by atoms with Gasteiger partial charge in [0.05, 0.1) is 27.5 Å². The largest absolute Gasteiger partial charge is 0.368 e. The molecule has 2 N–H and O–H groups in total. The second-order valence-electron chi connectivity index (χ2n) is 8.08. The lowest BCUT2D eigenvalue weighted by Gasteiger charge is -2.47. The number of hydrogen-bond donors (Lipinski definition) is 2. The molecule has 0 radical (unpaired) electrons. The summed E-state index contributed by atoms with van der Waals surface area (Å²) < 4.78 is 0.640. The maximum atomic E-state index is 13.1. The van der Waals surface area contributed by atoms with Gasteiger partial charge in [-0.25, -0.2) is 4.98 Å². The Kier molecular flexibility index (Phi) is 4.95. The summed E-state index contributed by atoms with van der Waals surface area (Å²) in [4.78, 5) is 25.3. The lowest BCUT2D eigenvalue weighted by atomic mass is 9.85. The monoisotopic (exact) mass is 429 g/mol. The van der Waals surface area contributed by atoms with Crippen LogP contribution in [0.2, 0.25) is 4.34 Å². The van der Waals surface area contributed by atoms with Crippen LogP contribution >= 0.6 is 22.9 Å². The molecule has 8 heteroatoms. The van der Waals surface area contributed by atoms with E-state index in [1.807, 2.05) is 23.1 Å². The van der Waals surface area contributed by atoms with Gasteiger partial charge in [0.15, 0.2) is 5.82 Å². The molecule has 6 nitrogen and oxygen atoms in total. The number of aliphatic imine (C=N–C) groups is 1. The van der Waals surface area contributed by atoms with Crippen molar-refractivity contribution in [1.29, 1.82) is 0 Å². The van der Waals surface area contributed by atoms with Crippen LogP contribution in [-0.2, 0) is 0 Å². The summed E-state index contributed by atoms with van der Waals surface area (Å²) in [7, 11) is 0. The quantitative estimate of drug-likeness (QED) is 0.729. The Morgan fingerprint density at radius 1 is 1.28 bits per heavy atom. The van der Waals surface area contributed by atoms with Crippen molar-refractivity contribution in [2.75, 3.05) is 23.7 Å². The number of fused-ring (bicyclic) bond motifs is 1. The Morgan fingerprint density at radius 3 is 2.93 bits per heavy atom. The Bertz CT molecular complexity index is 954. The van der Waals surface area contributed by atoms with Crippen molar-refractivity contribution < 1.29 is 4.79 Å². The lowest BCUT2D eigenvalue weighted by molar-refractivity contribution is 0.0699. The fourth-order valence-electron chi connectivity index (χ4n) is 4.64. The summed E-state index contributed by atoms with van der Waals surface area (Å²) in [5, 5.41) is 7.21. The number of piperidine rings is 1. The molecular weight excluding hydrogens is 406 g/mol. The van der Waals surface area contributed by atoms with Gasteiger partial charge in [-0.2, -0.15) is 0 Å². The van der Waals surface area contributed by atoms with E-state index >= 15 is 0 Å². The predicted octanol–water partition coefficient (Wildman–Crippen LogP) is 4.65. The molecule has 2 aliphatic heterocycles. The van der Waals surface area contributed by atoms with Crippen LogP contribution in [-0.4, -0.2) is 46.3 Å². The van der Waals surface area contributed by atoms with Gasteiger partial charge in [-0.15, -0.1) is 11.3 Å². The van der Waals surface area contributed by atoms with Crippen LogP contribution in [0.4, 0.5) is 11.5 Å². The number of anilines is 2. The highest BCUT2D eigenvalue weighted by atomic mass is 35.5. The zero-order chi connectivity index (χ0) is 19.8. The first-order valence-electron chi connectivity index (χ1n) is 10.3. The predicted molar refractivity (Wildman–Crippen MR) is 118 cm³/mol. The van der Waals surface area contributed by atoms with Crippen molar-refractivity contribution in [1.82, 2.24) is 9.88 Å². The van der Waals surface area contributed by atoms with Gasteiger partial charge < -0.3 is 15.5 Å². The minimum atomic E-state index is -0.409. The van der Waals surface area contributed by atoms with Gasteiger partial charge >= 0.3 is 0 Å². The van der Waals surface area contributed by atoms with Crippen LogP contribution in [0.1, 0.15) is 48.2 Å². The average Bonchev–Trinajstić information content (AvgIpc) is 3.40. The van der Waals surface area contributed by atoms with Crippen molar-refractivity contribution in [3.05, 3.63) is 39.7 Å². The molecule has 152 valence electrons. The summed E-state index contributed by atoms with van der Waals surface area (Å²) in [6.45, 7) is 1.32. The van der Waals surface area contributed by atoms with E-state index in [-0.39, 0.29) is 5.91 Å². The number of nitrogens with zero attached hydrogens (tertiary/aromatic N) is 3. The van der Waals surface area contributed by atoms with Crippen LogP contribution in [0.3, 0.4) is 0 Å². The van der Waals surface area contributed by atoms with Crippen LogP contribution in [0, 0.1) is 0 Å². The molecule has 1 atom stereocenters. The number of carbonyl (C=O) groups is 1. The summed E-state index contributed by atoms with van der Waals surface area (Å²) >= 11 is 7.40. The fraction of sp³-hybridized carbons (Fsp3) is 0.476. The van der Waals surface area contributed by atoms with Crippen LogP contribution < -0.4 is 10.6 Å². The molecule has 0 aromatic carbocycles. The Labute approximate surface area is 179 Å². The number of pyridine rings is 1. The van der Waals surface area contributed by atoms with E-state index in [9.17, 15) is 4.79 Å². The molecule has 1 unspecified atom stereocenters. The van der Waals surface area contributed by atoms with E-state index < -0.39 is 5.54 Å². The zero-order valence-electron chi connectivity index (χ0n) is 16.2. The molecule has 2 fully saturated rings. The Hall–Kier alpha value is -2.12. The molecule has 2 aromatic heterocycles. The number of hydrogen-bond acceptors (Lipinski definition) is 5. The van der Waals surface area contributed by atoms with Gasteiger partial charge in [-0.1, -0.05) is 24.4 Å². The molecule has 1 saturated carbocycles. The molecular formula is C21H24ClN5OS. The molecule has 1 saturated heterocycles. The summed E-state index contributed by atoms with van der Waals surface area (Å²) in [5.41, 5.74) is 0.555. The standard InChI is InChI=1S/C21H24ClN5OS/c22-17-9-8-16(29-17)19(28)27-12-4-10-21(13-27)20(24-14-5-1-2-6-14)25-18-15(26-21)7-3-11-23-18/h3,7-9,11,14,26H,1-2,4-6,10,12-13H2,(H,23,24,25). The number of amidine groups is 1. The van der Waals surface area contributed by atoms with E-state index in [1.165, 1.54) is 24.2 Å². The number of amides is 1. The maximum Gasteiger partial charge on any atom is 0.264 e. The Balaban J connectivity index is 1.48. The molecule has 3 aliphatic rings. The fourth-order valence-corrected chi connectivity index (χ4v) is 5.65. The maximum absolute atomic E-state index is 13.1. The number of likely N-dealkylation sites (tertiary alicyclic amines) is 1. The van der Waals surface area contributed by atoms with Crippen molar-refractivity contribution in [3.8, 4) is 0 Å². The van der Waals surface area contributed by atoms with E-state index in [0.717, 1.165) is 49.6 Å². The van der Waals surface area contributed by atoms with Gasteiger partial charge in [-0.3, -0.25) is 9.79 Å². The third-order valence-corrected chi connectivity index (χ3v) is 7.29. The SMILES string of the molecule is O=C(c1ccc(Cl)s1)N1CCCC2(C1)Nc1cccnc1NC2=NC1CCCC1. The first-order valence-corrected chi connectivity index (χ1v) is 11.5. The summed E-state index contributed by atoms with van der Waals surface area (Å²) in [5.74, 6) is 1.78. The van der Waals surface area contributed by atoms with Crippen molar-refractivity contribution in [2.45, 2.75) is 50.1 Å². The second-order valence-corrected chi connectivity index (χ2v) is 9.80. The summed E-state index contributed by atoms with van der Waals surface area (Å²) in [6, 6.07) is 7.91. The summed E-state index contributed by atoms with van der Waals surface area (Å²) in [6.07, 6.45) is 8.36. The van der Waals surface area contributed by atoms with Gasteiger partial charge in [0.1, 0.15) is 11.4 Å². The normalized spacial score (nSPS) is 25.7. The highest BCUT2D eigenvalue weighted by Crippen LogP contribution is 2.37. The van der Waals surface area contributed by atoms with E-state index in [4.69, 9.17) is 16.6 Å². The third kappa shape index (κ3) is 3.62. The number of halogens is 1. The molecule has 1 amide bonds. The smallest absolute Gasteiger partial charge is 0.264 e. The average molecular weight is 430 g/mol. The third-order valence-electron chi connectivity index (χ3n) is 6.07.